The summed E-state index contributed by atoms with van der Waals surface area (Å²) in [6, 6.07) is 10.6. The Labute approximate surface area is 151 Å². The number of anilines is 2. The second-order valence-electron chi connectivity index (χ2n) is 6.18. The van der Waals surface area contributed by atoms with Gasteiger partial charge in [0.1, 0.15) is 0 Å². The normalized spacial score (nSPS) is 14.6. The predicted molar refractivity (Wildman–Crippen MR) is 98.3 cm³/mol. The van der Waals surface area contributed by atoms with Gasteiger partial charge in [0, 0.05) is 36.0 Å². The largest absolute Gasteiger partial charge is 0.454 e. The van der Waals surface area contributed by atoms with Gasteiger partial charge in [0.05, 0.1) is 5.69 Å². The SMILES string of the molecule is CC(=O)c1cc2c(cc1NC(=O)c1ccc(N3CC=CC3)cc1)OCO2. The molecule has 0 saturated heterocycles. The van der Waals surface area contributed by atoms with Gasteiger partial charge >= 0.3 is 0 Å². The first-order valence-corrected chi connectivity index (χ1v) is 8.38. The lowest BCUT2D eigenvalue weighted by molar-refractivity contribution is 0.101. The molecule has 0 spiro atoms. The fourth-order valence-electron chi connectivity index (χ4n) is 3.04. The summed E-state index contributed by atoms with van der Waals surface area (Å²) in [5.74, 6) is 0.590. The van der Waals surface area contributed by atoms with Crippen molar-refractivity contribution in [2.24, 2.45) is 0 Å². The standard InChI is InChI=1S/C20H18N2O4/c1-13(23)16-10-18-19(26-12-25-18)11-17(16)21-20(24)14-4-6-15(7-5-14)22-8-2-3-9-22/h2-7,10-11H,8-9,12H2,1H3,(H,21,24). The summed E-state index contributed by atoms with van der Waals surface area (Å²) in [7, 11) is 0. The highest BCUT2D eigenvalue weighted by molar-refractivity contribution is 6.09. The quantitative estimate of drug-likeness (QED) is 0.677. The molecule has 1 amide bonds. The Morgan fingerprint density at radius 2 is 1.65 bits per heavy atom. The number of ketones is 1. The maximum Gasteiger partial charge on any atom is 0.255 e. The molecule has 1 N–H and O–H groups in total. The van der Waals surface area contributed by atoms with Crippen molar-refractivity contribution in [3.8, 4) is 11.5 Å². The molecule has 2 aromatic carbocycles. The number of hydrogen-bond donors (Lipinski definition) is 1. The van der Waals surface area contributed by atoms with Crippen LogP contribution >= 0.6 is 0 Å². The number of amides is 1. The maximum atomic E-state index is 12.6. The van der Waals surface area contributed by atoms with Crippen molar-refractivity contribution in [3.05, 3.63) is 59.7 Å². The lowest BCUT2D eigenvalue weighted by atomic mass is 10.1. The van der Waals surface area contributed by atoms with Gasteiger partial charge in [0.25, 0.3) is 5.91 Å². The van der Waals surface area contributed by atoms with Crippen molar-refractivity contribution in [3.63, 3.8) is 0 Å². The van der Waals surface area contributed by atoms with Crippen LogP contribution in [-0.4, -0.2) is 31.6 Å². The summed E-state index contributed by atoms with van der Waals surface area (Å²) in [6.07, 6.45) is 4.23. The fourth-order valence-corrected chi connectivity index (χ4v) is 3.04. The molecule has 26 heavy (non-hydrogen) atoms. The van der Waals surface area contributed by atoms with Gasteiger partial charge in [-0.05, 0) is 37.3 Å². The molecule has 0 aliphatic carbocycles. The van der Waals surface area contributed by atoms with Crippen LogP contribution in [-0.2, 0) is 0 Å². The zero-order valence-corrected chi connectivity index (χ0v) is 14.3. The highest BCUT2D eigenvalue weighted by Gasteiger charge is 2.21. The van der Waals surface area contributed by atoms with Gasteiger partial charge < -0.3 is 19.7 Å². The lowest BCUT2D eigenvalue weighted by Crippen LogP contribution is -2.19. The van der Waals surface area contributed by atoms with Crippen LogP contribution in [0.2, 0.25) is 0 Å². The van der Waals surface area contributed by atoms with E-state index in [4.69, 9.17) is 9.47 Å². The highest BCUT2D eigenvalue weighted by Crippen LogP contribution is 2.37. The van der Waals surface area contributed by atoms with E-state index >= 15 is 0 Å². The van der Waals surface area contributed by atoms with Gasteiger partial charge in [0.2, 0.25) is 6.79 Å². The molecule has 4 rings (SSSR count). The minimum absolute atomic E-state index is 0.108. The second-order valence-corrected chi connectivity index (χ2v) is 6.18. The number of nitrogens with zero attached hydrogens (tertiary/aromatic N) is 1. The van der Waals surface area contributed by atoms with Crippen LogP contribution < -0.4 is 19.7 Å². The summed E-state index contributed by atoms with van der Waals surface area (Å²) >= 11 is 0. The number of fused-ring (bicyclic) bond motifs is 1. The molecule has 0 radical (unpaired) electrons. The number of hydrogen-bond acceptors (Lipinski definition) is 5. The minimum Gasteiger partial charge on any atom is -0.454 e. The summed E-state index contributed by atoms with van der Waals surface area (Å²) in [5.41, 5.74) is 2.40. The lowest BCUT2D eigenvalue weighted by Gasteiger charge is -2.17. The molecular weight excluding hydrogens is 332 g/mol. The van der Waals surface area contributed by atoms with Crippen LogP contribution in [0.1, 0.15) is 27.6 Å². The van der Waals surface area contributed by atoms with E-state index in [-0.39, 0.29) is 18.5 Å². The van der Waals surface area contributed by atoms with Crippen LogP contribution in [0.4, 0.5) is 11.4 Å². The third-order valence-electron chi connectivity index (χ3n) is 4.45. The Bertz CT molecular complexity index is 895. The molecular formula is C20H18N2O4. The summed E-state index contributed by atoms with van der Waals surface area (Å²) in [6.45, 7) is 3.32. The van der Waals surface area contributed by atoms with Crippen LogP contribution in [0.3, 0.4) is 0 Å². The molecule has 6 heteroatoms. The van der Waals surface area contributed by atoms with Gasteiger partial charge in [-0.2, -0.15) is 0 Å². The van der Waals surface area contributed by atoms with Gasteiger partial charge in [-0.3, -0.25) is 9.59 Å². The molecule has 0 bridgehead atoms. The molecule has 0 saturated carbocycles. The zero-order chi connectivity index (χ0) is 18.1. The number of rotatable bonds is 4. The Morgan fingerprint density at radius 1 is 1.00 bits per heavy atom. The third kappa shape index (κ3) is 3.01. The Balaban J connectivity index is 1.55. The molecule has 0 fully saturated rings. The smallest absolute Gasteiger partial charge is 0.255 e. The van der Waals surface area contributed by atoms with Crippen molar-refractivity contribution in [1.82, 2.24) is 0 Å². The van der Waals surface area contributed by atoms with Gasteiger partial charge in [-0.1, -0.05) is 12.2 Å². The molecule has 6 nitrogen and oxygen atoms in total. The van der Waals surface area contributed by atoms with Crippen LogP contribution in [0.15, 0.2) is 48.6 Å². The molecule has 0 aromatic heterocycles. The van der Waals surface area contributed by atoms with E-state index in [1.165, 1.54) is 6.92 Å². The molecule has 0 unspecified atom stereocenters. The first-order valence-electron chi connectivity index (χ1n) is 8.38. The average Bonchev–Trinajstić information content (AvgIpc) is 3.32. The molecule has 2 aromatic rings. The van der Waals surface area contributed by atoms with Gasteiger partial charge in [-0.25, -0.2) is 0 Å². The minimum atomic E-state index is -0.280. The van der Waals surface area contributed by atoms with E-state index in [0.29, 0.717) is 28.3 Å². The number of Topliss-reactive ketones (excluding diaryl/α,β-unsaturated/α-hetero) is 1. The molecule has 132 valence electrons. The summed E-state index contributed by atoms with van der Waals surface area (Å²) < 4.78 is 10.6. The zero-order valence-electron chi connectivity index (χ0n) is 14.3. The van der Waals surface area contributed by atoms with E-state index in [1.54, 1.807) is 24.3 Å². The van der Waals surface area contributed by atoms with E-state index in [1.807, 2.05) is 12.1 Å². The van der Waals surface area contributed by atoms with Gasteiger partial charge in [0.15, 0.2) is 17.3 Å². The Kier molecular flexibility index (Phi) is 4.08. The van der Waals surface area contributed by atoms with E-state index in [9.17, 15) is 9.59 Å². The summed E-state index contributed by atoms with van der Waals surface area (Å²) in [4.78, 5) is 26.7. The molecule has 2 aliphatic rings. The van der Waals surface area contributed by atoms with Crippen molar-refractivity contribution >= 4 is 23.1 Å². The van der Waals surface area contributed by atoms with Crippen molar-refractivity contribution in [2.45, 2.75) is 6.92 Å². The average molecular weight is 350 g/mol. The fraction of sp³-hybridized carbons (Fsp3) is 0.200. The molecule has 2 heterocycles. The highest BCUT2D eigenvalue weighted by atomic mass is 16.7. The maximum absolute atomic E-state index is 12.6. The number of carbonyl (C=O) groups is 2. The Hall–Kier alpha value is -3.28. The van der Waals surface area contributed by atoms with Crippen molar-refractivity contribution in [2.75, 3.05) is 30.1 Å². The van der Waals surface area contributed by atoms with E-state index in [0.717, 1.165) is 18.8 Å². The van der Waals surface area contributed by atoms with Crippen molar-refractivity contribution < 1.29 is 19.1 Å². The second kappa shape index (κ2) is 6.55. The van der Waals surface area contributed by atoms with Crippen LogP contribution in [0.25, 0.3) is 0 Å². The Morgan fingerprint density at radius 3 is 2.31 bits per heavy atom. The van der Waals surface area contributed by atoms with Crippen LogP contribution in [0.5, 0.6) is 11.5 Å². The summed E-state index contributed by atoms with van der Waals surface area (Å²) in [5, 5.41) is 2.81. The van der Waals surface area contributed by atoms with Gasteiger partial charge in [-0.15, -0.1) is 0 Å². The molecule has 2 aliphatic heterocycles. The van der Waals surface area contributed by atoms with E-state index < -0.39 is 0 Å². The third-order valence-corrected chi connectivity index (χ3v) is 4.45. The van der Waals surface area contributed by atoms with Crippen molar-refractivity contribution in [1.29, 1.82) is 0 Å². The monoisotopic (exact) mass is 350 g/mol. The first-order chi connectivity index (χ1) is 12.6. The number of nitrogens with one attached hydrogen (secondary N) is 1. The first kappa shape index (κ1) is 16.2. The predicted octanol–water partition coefficient (Wildman–Crippen LogP) is 3.25. The van der Waals surface area contributed by atoms with Crippen LogP contribution in [0, 0.1) is 0 Å². The molecule has 0 atom stereocenters. The number of benzene rings is 2. The number of carbonyl (C=O) groups excluding carboxylic acids is 2. The topological polar surface area (TPSA) is 67.9 Å². The van der Waals surface area contributed by atoms with E-state index in [2.05, 4.69) is 22.4 Å². The number of ether oxygens (including phenoxy) is 2.